The molecule has 2 amide bonds. The molecule has 0 aromatic carbocycles. The highest BCUT2D eigenvalue weighted by Gasteiger charge is 2.30. The molecule has 5 nitrogen and oxygen atoms in total. The Morgan fingerprint density at radius 1 is 1.25 bits per heavy atom. The average molecular weight is 228 g/mol. The second kappa shape index (κ2) is 4.72. The molecule has 0 aromatic rings. The smallest absolute Gasteiger partial charge is 0.315 e. The van der Waals surface area contributed by atoms with Crippen LogP contribution in [-0.4, -0.2) is 28.7 Å². The molecule has 0 aliphatic heterocycles. The molecule has 92 valence electrons. The van der Waals surface area contributed by atoms with Crippen LogP contribution < -0.4 is 10.6 Å². The normalized spacial score (nSPS) is 25.2. The fourth-order valence-corrected chi connectivity index (χ4v) is 1.90. The number of nitrogens with one attached hydrogen (secondary N) is 2. The first-order valence-corrected chi connectivity index (χ1v) is 5.59. The molecular weight excluding hydrogens is 208 g/mol. The van der Waals surface area contributed by atoms with Crippen LogP contribution in [-0.2, 0) is 4.79 Å². The van der Waals surface area contributed by atoms with E-state index in [1.165, 1.54) is 0 Å². The van der Waals surface area contributed by atoms with Crippen molar-refractivity contribution in [1.82, 2.24) is 10.6 Å². The van der Waals surface area contributed by atoms with Crippen molar-refractivity contribution in [2.24, 2.45) is 5.92 Å². The van der Waals surface area contributed by atoms with Crippen molar-refractivity contribution < 1.29 is 14.7 Å². The van der Waals surface area contributed by atoms with Gasteiger partial charge in [0.25, 0.3) is 0 Å². The molecule has 1 fully saturated rings. The van der Waals surface area contributed by atoms with E-state index in [0.717, 1.165) is 6.42 Å². The van der Waals surface area contributed by atoms with Crippen molar-refractivity contribution in [3.05, 3.63) is 0 Å². The number of amides is 2. The quantitative estimate of drug-likeness (QED) is 0.667. The van der Waals surface area contributed by atoms with Crippen molar-refractivity contribution in [3.8, 4) is 0 Å². The lowest BCUT2D eigenvalue weighted by molar-refractivity contribution is -0.141. The first-order chi connectivity index (χ1) is 7.28. The number of aliphatic carboxylic acids is 1. The molecule has 1 aliphatic carbocycles. The molecule has 2 unspecified atom stereocenters. The zero-order valence-electron chi connectivity index (χ0n) is 10.0. The van der Waals surface area contributed by atoms with Crippen molar-refractivity contribution in [2.45, 2.75) is 51.6 Å². The SMILES string of the molecule is CC(C)(C)NC(=O)NC1CCC(C(=O)O)C1. The van der Waals surface area contributed by atoms with Crippen LogP contribution in [0.1, 0.15) is 40.0 Å². The van der Waals surface area contributed by atoms with Gasteiger partial charge < -0.3 is 15.7 Å². The molecule has 0 spiro atoms. The third-order valence-corrected chi connectivity index (χ3v) is 2.61. The maximum Gasteiger partial charge on any atom is 0.315 e. The van der Waals surface area contributed by atoms with E-state index in [1.807, 2.05) is 20.8 Å². The third kappa shape index (κ3) is 4.08. The van der Waals surface area contributed by atoms with E-state index in [1.54, 1.807) is 0 Å². The van der Waals surface area contributed by atoms with Gasteiger partial charge in [-0.15, -0.1) is 0 Å². The highest BCUT2D eigenvalue weighted by atomic mass is 16.4. The van der Waals surface area contributed by atoms with Gasteiger partial charge in [-0.2, -0.15) is 0 Å². The van der Waals surface area contributed by atoms with E-state index in [2.05, 4.69) is 10.6 Å². The van der Waals surface area contributed by atoms with Gasteiger partial charge in [0.05, 0.1) is 5.92 Å². The molecule has 0 heterocycles. The first kappa shape index (κ1) is 12.8. The van der Waals surface area contributed by atoms with E-state index in [-0.39, 0.29) is 23.5 Å². The standard InChI is InChI=1S/C11H20N2O3/c1-11(2,3)13-10(16)12-8-5-4-7(6-8)9(14)15/h7-8H,4-6H2,1-3H3,(H,14,15)(H2,12,13,16). The van der Waals surface area contributed by atoms with E-state index >= 15 is 0 Å². The summed E-state index contributed by atoms with van der Waals surface area (Å²) in [5, 5.41) is 14.4. The Kier molecular flexibility index (Phi) is 3.78. The predicted octanol–water partition coefficient (Wildman–Crippen LogP) is 1.34. The third-order valence-electron chi connectivity index (χ3n) is 2.61. The lowest BCUT2D eigenvalue weighted by atomic mass is 10.1. The molecule has 0 aromatic heterocycles. The van der Waals surface area contributed by atoms with Crippen molar-refractivity contribution in [2.75, 3.05) is 0 Å². The van der Waals surface area contributed by atoms with Crippen LogP contribution in [0.25, 0.3) is 0 Å². The van der Waals surface area contributed by atoms with Gasteiger partial charge in [-0.3, -0.25) is 4.79 Å². The fraction of sp³-hybridized carbons (Fsp3) is 0.818. The number of carbonyl (C=O) groups excluding carboxylic acids is 1. The maximum atomic E-state index is 11.5. The Morgan fingerprint density at radius 2 is 1.88 bits per heavy atom. The summed E-state index contributed by atoms with van der Waals surface area (Å²) in [4.78, 5) is 22.3. The monoisotopic (exact) mass is 228 g/mol. The number of carbonyl (C=O) groups is 2. The van der Waals surface area contributed by atoms with Crippen molar-refractivity contribution in [3.63, 3.8) is 0 Å². The number of urea groups is 1. The summed E-state index contributed by atoms with van der Waals surface area (Å²) in [6, 6.07) is -0.230. The van der Waals surface area contributed by atoms with Crippen LogP contribution in [0.2, 0.25) is 0 Å². The summed E-state index contributed by atoms with van der Waals surface area (Å²) in [6.45, 7) is 5.71. The zero-order chi connectivity index (χ0) is 12.3. The molecule has 1 rings (SSSR count). The number of hydrogen-bond acceptors (Lipinski definition) is 2. The van der Waals surface area contributed by atoms with Gasteiger partial charge in [0.15, 0.2) is 0 Å². The first-order valence-electron chi connectivity index (χ1n) is 5.59. The summed E-state index contributed by atoms with van der Waals surface area (Å²) in [6.07, 6.45) is 1.93. The van der Waals surface area contributed by atoms with Gasteiger partial charge in [-0.05, 0) is 40.0 Å². The van der Waals surface area contributed by atoms with Gasteiger partial charge in [-0.25, -0.2) is 4.79 Å². The van der Waals surface area contributed by atoms with Gasteiger partial charge >= 0.3 is 12.0 Å². The number of carboxylic acid groups (broad SMARTS) is 1. The minimum atomic E-state index is -0.763. The molecule has 0 bridgehead atoms. The Balaban J connectivity index is 2.34. The average Bonchev–Trinajstić information content (AvgIpc) is 2.48. The fourth-order valence-electron chi connectivity index (χ4n) is 1.90. The summed E-state index contributed by atoms with van der Waals surface area (Å²) in [5.41, 5.74) is -0.269. The molecule has 0 saturated heterocycles. The second-order valence-corrected chi connectivity index (χ2v) is 5.39. The van der Waals surface area contributed by atoms with Gasteiger partial charge in [0.2, 0.25) is 0 Å². The molecular formula is C11H20N2O3. The minimum Gasteiger partial charge on any atom is -0.481 e. The molecule has 1 aliphatic rings. The van der Waals surface area contributed by atoms with Crippen LogP contribution in [0.5, 0.6) is 0 Å². The van der Waals surface area contributed by atoms with Gasteiger partial charge in [0.1, 0.15) is 0 Å². The van der Waals surface area contributed by atoms with Crippen LogP contribution in [0.4, 0.5) is 4.79 Å². The number of rotatable bonds is 2. The Morgan fingerprint density at radius 3 is 2.31 bits per heavy atom. The Hall–Kier alpha value is -1.26. The largest absolute Gasteiger partial charge is 0.481 e. The topological polar surface area (TPSA) is 78.4 Å². The summed E-state index contributed by atoms with van der Waals surface area (Å²) < 4.78 is 0. The predicted molar refractivity (Wildman–Crippen MR) is 60.2 cm³/mol. The zero-order valence-corrected chi connectivity index (χ0v) is 10.0. The van der Waals surface area contributed by atoms with E-state index in [9.17, 15) is 9.59 Å². The van der Waals surface area contributed by atoms with Gasteiger partial charge in [-0.1, -0.05) is 0 Å². The Labute approximate surface area is 95.6 Å². The summed E-state index contributed by atoms with van der Waals surface area (Å²) in [5.74, 6) is -1.07. The van der Waals surface area contributed by atoms with Crippen molar-refractivity contribution in [1.29, 1.82) is 0 Å². The van der Waals surface area contributed by atoms with Gasteiger partial charge in [0, 0.05) is 11.6 Å². The molecule has 0 radical (unpaired) electrons. The lowest BCUT2D eigenvalue weighted by Gasteiger charge is -2.22. The molecule has 16 heavy (non-hydrogen) atoms. The van der Waals surface area contributed by atoms with E-state index in [0.29, 0.717) is 12.8 Å². The van der Waals surface area contributed by atoms with Crippen LogP contribution in [0, 0.1) is 5.92 Å². The summed E-state index contributed by atoms with van der Waals surface area (Å²) in [7, 11) is 0. The van der Waals surface area contributed by atoms with Crippen LogP contribution in [0.15, 0.2) is 0 Å². The summed E-state index contributed by atoms with van der Waals surface area (Å²) >= 11 is 0. The van der Waals surface area contributed by atoms with Crippen LogP contribution >= 0.6 is 0 Å². The van der Waals surface area contributed by atoms with Crippen LogP contribution in [0.3, 0.4) is 0 Å². The highest BCUT2D eigenvalue weighted by Crippen LogP contribution is 2.25. The number of hydrogen-bond donors (Lipinski definition) is 3. The molecule has 1 saturated carbocycles. The second-order valence-electron chi connectivity index (χ2n) is 5.39. The highest BCUT2D eigenvalue weighted by molar-refractivity contribution is 5.75. The van der Waals surface area contributed by atoms with Crippen molar-refractivity contribution >= 4 is 12.0 Å². The van der Waals surface area contributed by atoms with E-state index in [4.69, 9.17) is 5.11 Å². The maximum absolute atomic E-state index is 11.5. The molecule has 5 heteroatoms. The number of carboxylic acids is 1. The molecule has 2 atom stereocenters. The minimum absolute atomic E-state index is 0.0107. The Bertz CT molecular complexity index is 283. The molecule has 3 N–H and O–H groups in total. The lowest BCUT2D eigenvalue weighted by Crippen LogP contribution is -2.49. The van der Waals surface area contributed by atoms with E-state index < -0.39 is 5.97 Å².